The van der Waals surface area contributed by atoms with Crippen molar-refractivity contribution < 1.29 is 9.53 Å². The third kappa shape index (κ3) is 3.63. The second-order valence-corrected chi connectivity index (χ2v) is 4.24. The maximum atomic E-state index is 11.9. The van der Waals surface area contributed by atoms with Crippen LogP contribution in [0, 0.1) is 0 Å². The van der Waals surface area contributed by atoms with Crippen LogP contribution in [0.5, 0.6) is 5.75 Å². The first-order valence-electron chi connectivity index (χ1n) is 5.76. The normalized spacial score (nSPS) is 10.4. The summed E-state index contributed by atoms with van der Waals surface area (Å²) in [4.78, 5) is 11.9. The molecule has 0 bridgehead atoms. The monoisotopic (exact) mass is 255 g/mol. The fraction of sp³-hybridized carbons (Fsp3) is 0.462. The van der Waals surface area contributed by atoms with Crippen molar-refractivity contribution in [2.45, 2.75) is 32.7 Å². The summed E-state index contributed by atoms with van der Waals surface area (Å²) < 4.78 is 5.04. The number of ether oxygens (including phenoxy) is 1. The number of nitrogens with one attached hydrogen (secondary N) is 1. The fourth-order valence-corrected chi connectivity index (χ4v) is 1.83. The van der Waals surface area contributed by atoms with Crippen LogP contribution in [-0.2, 0) is 0 Å². The molecule has 0 fully saturated rings. The Morgan fingerprint density at radius 2 is 2.06 bits per heavy atom. The van der Waals surface area contributed by atoms with Gasteiger partial charge in [0.05, 0.1) is 12.1 Å². The van der Waals surface area contributed by atoms with E-state index in [1.807, 2.05) is 0 Å². The Labute approximate surface area is 107 Å². The molecule has 0 aliphatic carbocycles. The van der Waals surface area contributed by atoms with Crippen molar-refractivity contribution in [3.05, 3.63) is 28.8 Å². The summed E-state index contributed by atoms with van der Waals surface area (Å²) in [6.07, 6.45) is 1.85. The lowest BCUT2D eigenvalue weighted by Gasteiger charge is -2.15. The Kier molecular flexibility index (Phi) is 5.29. The van der Waals surface area contributed by atoms with Gasteiger partial charge < -0.3 is 10.1 Å². The van der Waals surface area contributed by atoms with E-state index in [0.717, 1.165) is 12.8 Å². The zero-order valence-corrected chi connectivity index (χ0v) is 11.2. The second kappa shape index (κ2) is 6.50. The van der Waals surface area contributed by atoms with E-state index in [1.54, 1.807) is 25.3 Å². The molecule has 0 heterocycles. The molecule has 0 saturated carbocycles. The number of hydrogen-bond acceptors (Lipinski definition) is 2. The van der Waals surface area contributed by atoms with Crippen molar-refractivity contribution in [2.75, 3.05) is 7.11 Å². The minimum absolute atomic E-state index is 0.0942. The number of hydrogen-bond donors (Lipinski definition) is 1. The molecule has 1 rings (SSSR count). The van der Waals surface area contributed by atoms with E-state index < -0.39 is 0 Å². The molecule has 0 unspecified atom stereocenters. The topological polar surface area (TPSA) is 38.3 Å². The smallest absolute Gasteiger partial charge is 0.251 e. The maximum absolute atomic E-state index is 11.9. The highest BCUT2D eigenvalue weighted by molar-refractivity contribution is 6.32. The SMILES string of the molecule is CCC(CC)NC(=O)c1ccc(OC)c(Cl)c1. The van der Waals surface area contributed by atoms with Gasteiger partial charge in [0, 0.05) is 11.6 Å². The second-order valence-electron chi connectivity index (χ2n) is 3.84. The van der Waals surface area contributed by atoms with Crippen LogP contribution in [0.25, 0.3) is 0 Å². The summed E-state index contributed by atoms with van der Waals surface area (Å²) in [5, 5.41) is 3.41. The van der Waals surface area contributed by atoms with Crippen LogP contribution in [0.2, 0.25) is 5.02 Å². The average molecular weight is 256 g/mol. The van der Waals surface area contributed by atoms with E-state index in [2.05, 4.69) is 19.2 Å². The van der Waals surface area contributed by atoms with Gasteiger partial charge >= 0.3 is 0 Å². The van der Waals surface area contributed by atoms with Crippen LogP contribution in [-0.4, -0.2) is 19.1 Å². The van der Waals surface area contributed by atoms with E-state index in [9.17, 15) is 4.79 Å². The molecule has 17 heavy (non-hydrogen) atoms. The predicted octanol–water partition coefficient (Wildman–Crippen LogP) is 3.27. The lowest BCUT2D eigenvalue weighted by atomic mass is 10.1. The highest BCUT2D eigenvalue weighted by Crippen LogP contribution is 2.24. The third-order valence-corrected chi connectivity index (χ3v) is 3.03. The highest BCUT2D eigenvalue weighted by atomic mass is 35.5. The number of carbonyl (C=O) groups excluding carboxylic acids is 1. The molecular formula is C13H18ClNO2. The van der Waals surface area contributed by atoms with E-state index in [1.165, 1.54) is 0 Å². The maximum Gasteiger partial charge on any atom is 0.251 e. The summed E-state index contributed by atoms with van der Waals surface area (Å²) in [6.45, 7) is 4.10. The van der Waals surface area contributed by atoms with Gasteiger partial charge in [-0.15, -0.1) is 0 Å². The van der Waals surface area contributed by atoms with Gasteiger partial charge in [0.25, 0.3) is 5.91 Å². The molecule has 4 heteroatoms. The van der Waals surface area contributed by atoms with Gasteiger partial charge in [-0.3, -0.25) is 4.79 Å². The quantitative estimate of drug-likeness (QED) is 0.877. The van der Waals surface area contributed by atoms with E-state index in [4.69, 9.17) is 16.3 Å². The van der Waals surface area contributed by atoms with Crippen molar-refractivity contribution in [3.63, 3.8) is 0 Å². The van der Waals surface area contributed by atoms with Gasteiger partial charge in [-0.1, -0.05) is 25.4 Å². The van der Waals surface area contributed by atoms with Crippen LogP contribution in [0.1, 0.15) is 37.0 Å². The van der Waals surface area contributed by atoms with Crippen LogP contribution in [0.15, 0.2) is 18.2 Å². The molecule has 1 amide bonds. The molecule has 3 nitrogen and oxygen atoms in total. The molecule has 0 saturated heterocycles. The molecule has 94 valence electrons. The van der Waals surface area contributed by atoms with Gasteiger partial charge in [-0.05, 0) is 31.0 Å². The molecule has 1 N–H and O–H groups in total. The summed E-state index contributed by atoms with van der Waals surface area (Å²) in [5.41, 5.74) is 0.558. The summed E-state index contributed by atoms with van der Waals surface area (Å²) in [5.74, 6) is 0.481. The number of carbonyl (C=O) groups is 1. The minimum atomic E-state index is -0.0942. The third-order valence-electron chi connectivity index (χ3n) is 2.73. The van der Waals surface area contributed by atoms with Crippen molar-refractivity contribution in [2.24, 2.45) is 0 Å². The van der Waals surface area contributed by atoms with E-state index in [0.29, 0.717) is 16.3 Å². The molecule has 0 spiro atoms. The predicted molar refractivity (Wildman–Crippen MR) is 69.8 cm³/mol. The van der Waals surface area contributed by atoms with Crippen LogP contribution in [0.4, 0.5) is 0 Å². The van der Waals surface area contributed by atoms with Crippen LogP contribution < -0.4 is 10.1 Å². The summed E-state index contributed by atoms with van der Waals surface area (Å²) in [7, 11) is 1.55. The van der Waals surface area contributed by atoms with E-state index in [-0.39, 0.29) is 11.9 Å². The van der Waals surface area contributed by atoms with Gasteiger partial charge in [-0.25, -0.2) is 0 Å². The van der Waals surface area contributed by atoms with Crippen molar-refractivity contribution in [1.82, 2.24) is 5.32 Å². The van der Waals surface area contributed by atoms with Crippen molar-refractivity contribution in [1.29, 1.82) is 0 Å². The average Bonchev–Trinajstić information content (AvgIpc) is 2.35. The first kappa shape index (κ1) is 13.8. The lowest BCUT2D eigenvalue weighted by molar-refractivity contribution is 0.0935. The molecule has 1 aromatic carbocycles. The van der Waals surface area contributed by atoms with Gasteiger partial charge in [0.2, 0.25) is 0 Å². The Balaban J connectivity index is 2.79. The first-order chi connectivity index (χ1) is 8.12. The van der Waals surface area contributed by atoms with Crippen molar-refractivity contribution in [3.8, 4) is 5.75 Å². The molecule has 0 radical (unpaired) electrons. The van der Waals surface area contributed by atoms with Gasteiger partial charge in [0.15, 0.2) is 0 Å². The number of halogens is 1. The largest absolute Gasteiger partial charge is 0.495 e. The molecular weight excluding hydrogens is 238 g/mol. The Morgan fingerprint density at radius 1 is 1.41 bits per heavy atom. The van der Waals surface area contributed by atoms with Crippen LogP contribution >= 0.6 is 11.6 Å². The molecule has 0 atom stereocenters. The first-order valence-corrected chi connectivity index (χ1v) is 6.14. The zero-order valence-electron chi connectivity index (χ0n) is 10.4. The molecule has 0 aliphatic heterocycles. The number of rotatable bonds is 5. The number of methoxy groups -OCH3 is 1. The lowest BCUT2D eigenvalue weighted by Crippen LogP contribution is -2.33. The highest BCUT2D eigenvalue weighted by Gasteiger charge is 2.12. The van der Waals surface area contributed by atoms with Crippen molar-refractivity contribution >= 4 is 17.5 Å². The summed E-state index contributed by atoms with van der Waals surface area (Å²) in [6, 6.07) is 5.24. The number of amides is 1. The Hall–Kier alpha value is -1.22. The number of benzene rings is 1. The molecule has 1 aromatic rings. The minimum Gasteiger partial charge on any atom is -0.495 e. The van der Waals surface area contributed by atoms with Crippen LogP contribution in [0.3, 0.4) is 0 Å². The van der Waals surface area contributed by atoms with Gasteiger partial charge in [-0.2, -0.15) is 0 Å². The zero-order chi connectivity index (χ0) is 12.8. The van der Waals surface area contributed by atoms with Gasteiger partial charge in [0.1, 0.15) is 5.75 Å². The standard InChI is InChI=1S/C13H18ClNO2/c1-4-10(5-2)15-13(16)9-6-7-12(17-3)11(14)8-9/h6-8,10H,4-5H2,1-3H3,(H,15,16). The Bertz CT molecular complexity index is 389. The Morgan fingerprint density at radius 3 is 2.53 bits per heavy atom. The molecule has 0 aliphatic rings. The van der Waals surface area contributed by atoms with E-state index >= 15 is 0 Å². The summed E-state index contributed by atoms with van der Waals surface area (Å²) >= 11 is 5.97. The fourth-order valence-electron chi connectivity index (χ4n) is 1.57. The molecule has 0 aromatic heterocycles.